The van der Waals surface area contributed by atoms with Crippen LogP contribution in [0.5, 0.6) is 0 Å². The molecule has 150 valence electrons. The molecule has 0 bridgehead atoms. The molecule has 0 radical (unpaired) electrons. The summed E-state index contributed by atoms with van der Waals surface area (Å²) in [7, 11) is 0. The number of carbonyl (C=O) groups is 2. The fourth-order valence-corrected chi connectivity index (χ4v) is 3.13. The van der Waals surface area contributed by atoms with Crippen molar-refractivity contribution in [2.24, 2.45) is 0 Å². The molecule has 1 atom stereocenters. The van der Waals surface area contributed by atoms with Gasteiger partial charge in [-0.05, 0) is 24.1 Å². The van der Waals surface area contributed by atoms with E-state index < -0.39 is 29.8 Å². The highest BCUT2D eigenvalue weighted by molar-refractivity contribution is 5.99. The van der Waals surface area contributed by atoms with Crippen molar-refractivity contribution in [1.29, 1.82) is 0 Å². The molecule has 0 saturated heterocycles. The molecule has 2 aromatic heterocycles. The van der Waals surface area contributed by atoms with Gasteiger partial charge in [-0.1, -0.05) is 13.0 Å². The number of rotatable bonds is 5. The predicted octanol–water partition coefficient (Wildman–Crippen LogP) is 3.01. The second-order valence-corrected chi connectivity index (χ2v) is 6.31. The van der Waals surface area contributed by atoms with Gasteiger partial charge in [0.05, 0.1) is 30.5 Å². The minimum Gasteiger partial charge on any atom is -0.477 e. The van der Waals surface area contributed by atoms with Crippen LogP contribution >= 0.6 is 0 Å². The summed E-state index contributed by atoms with van der Waals surface area (Å²) in [5.74, 6) is -1.67. The van der Waals surface area contributed by atoms with E-state index in [1.54, 1.807) is 6.92 Å². The molecule has 10 heteroatoms. The number of carbonyl (C=O) groups excluding carboxylic acids is 1. The average Bonchev–Trinajstić information content (AvgIpc) is 3.05. The lowest BCUT2D eigenvalue weighted by Crippen LogP contribution is -2.30. The predicted molar refractivity (Wildman–Crippen MR) is 90.8 cm³/mol. The van der Waals surface area contributed by atoms with Gasteiger partial charge in [0.25, 0.3) is 5.91 Å². The van der Waals surface area contributed by atoms with E-state index in [1.807, 2.05) is 0 Å². The summed E-state index contributed by atoms with van der Waals surface area (Å²) in [6, 6.07) is 2.85. The Balaban J connectivity index is 1.84. The van der Waals surface area contributed by atoms with Crippen LogP contribution in [0.2, 0.25) is 0 Å². The monoisotopic (exact) mass is 397 g/mol. The Labute approximate surface area is 158 Å². The minimum atomic E-state index is -4.54. The number of hydrogen-bond acceptors (Lipinski definition) is 4. The van der Waals surface area contributed by atoms with Gasteiger partial charge in [-0.2, -0.15) is 13.2 Å². The number of ether oxygens (including phenoxy) is 1. The van der Waals surface area contributed by atoms with Crippen LogP contribution in [0.25, 0.3) is 0 Å². The maximum atomic E-state index is 12.7. The first-order valence-electron chi connectivity index (χ1n) is 8.59. The van der Waals surface area contributed by atoms with Crippen LogP contribution in [0.4, 0.5) is 13.2 Å². The average molecular weight is 397 g/mol. The largest absolute Gasteiger partial charge is 0.477 e. The molecule has 2 aromatic rings. The first-order chi connectivity index (χ1) is 13.2. The molecule has 1 unspecified atom stereocenters. The van der Waals surface area contributed by atoms with Crippen LogP contribution in [0.15, 0.2) is 24.4 Å². The van der Waals surface area contributed by atoms with Gasteiger partial charge >= 0.3 is 12.1 Å². The second-order valence-electron chi connectivity index (χ2n) is 6.31. The summed E-state index contributed by atoms with van der Waals surface area (Å²) in [5, 5.41) is 12.1. The number of nitrogens with zero attached hydrogens (tertiary/aromatic N) is 2. The zero-order valence-corrected chi connectivity index (χ0v) is 14.9. The van der Waals surface area contributed by atoms with Crippen molar-refractivity contribution in [2.45, 2.75) is 38.7 Å². The van der Waals surface area contributed by atoms with Gasteiger partial charge in [-0.3, -0.25) is 9.78 Å². The fourth-order valence-electron chi connectivity index (χ4n) is 3.13. The Hall–Kier alpha value is -2.88. The summed E-state index contributed by atoms with van der Waals surface area (Å²) in [6.07, 6.45) is -3.04. The highest BCUT2D eigenvalue weighted by Crippen LogP contribution is 2.28. The van der Waals surface area contributed by atoms with E-state index in [2.05, 4.69) is 10.3 Å². The summed E-state index contributed by atoms with van der Waals surface area (Å²) in [4.78, 5) is 27.6. The standard InChI is InChI=1S/C18H18F3N3O4/c1-2-12(10-3-4-15(22-8-10)18(19,20)21)23-16(25)11-7-13(17(26)27)24-5-6-28-9-14(11)24/h3-4,7-8,12H,2,5-6,9H2,1H3,(H,23,25)(H,26,27). The summed E-state index contributed by atoms with van der Waals surface area (Å²) < 4.78 is 44.9. The van der Waals surface area contributed by atoms with Crippen LogP contribution in [0.3, 0.4) is 0 Å². The molecule has 1 amide bonds. The van der Waals surface area contributed by atoms with E-state index in [9.17, 15) is 27.9 Å². The van der Waals surface area contributed by atoms with E-state index in [1.165, 1.54) is 16.7 Å². The first-order valence-corrected chi connectivity index (χ1v) is 8.59. The van der Waals surface area contributed by atoms with Crippen molar-refractivity contribution >= 4 is 11.9 Å². The summed E-state index contributed by atoms with van der Waals surface area (Å²) >= 11 is 0. The molecule has 0 saturated carbocycles. The van der Waals surface area contributed by atoms with Crippen molar-refractivity contribution in [1.82, 2.24) is 14.9 Å². The van der Waals surface area contributed by atoms with E-state index in [0.717, 1.165) is 12.3 Å². The van der Waals surface area contributed by atoms with E-state index >= 15 is 0 Å². The first kappa shape index (κ1) is 19.9. The molecule has 28 heavy (non-hydrogen) atoms. The number of fused-ring (bicyclic) bond motifs is 1. The lowest BCUT2D eigenvalue weighted by Gasteiger charge is -2.20. The zero-order valence-electron chi connectivity index (χ0n) is 14.9. The maximum Gasteiger partial charge on any atom is 0.433 e. The Morgan fingerprint density at radius 1 is 1.39 bits per heavy atom. The maximum absolute atomic E-state index is 12.7. The molecular formula is C18H18F3N3O4. The number of aromatic nitrogens is 2. The van der Waals surface area contributed by atoms with Crippen LogP contribution in [0.1, 0.15) is 57.2 Å². The molecule has 1 aliphatic heterocycles. The van der Waals surface area contributed by atoms with Gasteiger partial charge in [-0.25, -0.2) is 4.79 Å². The van der Waals surface area contributed by atoms with E-state index in [-0.39, 0.29) is 17.9 Å². The van der Waals surface area contributed by atoms with Gasteiger partial charge in [0, 0.05) is 12.7 Å². The number of hydrogen-bond donors (Lipinski definition) is 2. The number of halogens is 3. The molecule has 7 nitrogen and oxygen atoms in total. The Morgan fingerprint density at radius 2 is 2.14 bits per heavy atom. The quantitative estimate of drug-likeness (QED) is 0.809. The number of aromatic carboxylic acids is 1. The third-order valence-electron chi connectivity index (χ3n) is 4.56. The van der Waals surface area contributed by atoms with Crippen LogP contribution < -0.4 is 5.32 Å². The highest BCUT2D eigenvalue weighted by Gasteiger charge is 2.32. The topological polar surface area (TPSA) is 93.5 Å². The molecule has 1 aliphatic rings. The Bertz CT molecular complexity index is 891. The molecule has 3 rings (SSSR count). The van der Waals surface area contributed by atoms with Crippen LogP contribution in [-0.2, 0) is 24.1 Å². The lowest BCUT2D eigenvalue weighted by atomic mass is 10.1. The van der Waals surface area contributed by atoms with E-state index in [4.69, 9.17) is 4.74 Å². The van der Waals surface area contributed by atoms with Gasteiger partial charge in [-0.15, -0.1) is 0 Å². The van der Waals surface area contributed by atoms with Crippen molar-refractivity contribution in [3.05, 3.63) is 52.6 Å². The lowest BCUT2D eigenvalue weighted by molar-refractivity contribution is -0.141. The van der Waals surface area contributed by atoms with Crippen LogP contribution in [-0.4, -0.2) is 33.1 Å². The zero-order chi connectivity index (χ0) is 20.5. The molecule has 0 aliphatic carbocycles. The van der Waals surface area contributed by atoms with Gasteiger partial charge in [0.2, 0.25) is 0 Å². The molecule has 0 spiro atoms. The van der Waals surface area contributed by atoms with Gasteiger partial charge in [0.15, 0.2) is 0 Å². The SMILES string of the molecule is CCC(NC(=O)c1cc(C(=O)O)n2c1COCC2)c1ccc(C(F)(F)F)nc1. The molecule has 3 heterocycles. The number of carboxylic acids is 1. The Kier molecular flexibility index (Phi) is 5.41. The fraction of sp³-hybridized carbons (Fsp3) is 0.389. The van der Waals surface area contributed by atoms with Gasteiger partial charge in [0.1, 0.15) is 11.4 Å². The van der Waals surface area contributed by atoms with Gasteiger partial charge < -0.3 is 19.7 Å². The number of amides is 1. The Morgan fingerprint density at radius 3 is 2.71 bits per heavy atom. The molecular weight excluding hydrogens is 379 g/mol. The number of carboxylic acid groups (broad SMARTS) is 1. The molecule has 2 N–H and O–H groups in total. The van der Waals surface area contributed by atoms with Crippen molar-refractivity contribution in [3.63, 3.8) is 0 Å². The summed E-state index contributed by atoms with van der Waals surface area (Å²) in [5.41, 5.74) is 0.0403. The van der Waals surface area contributed by atoms with Crippen molar-refractivity contribution in [3.8, 4) is 0 Å². The van der Waals surface area contributed by atoms with E-state index in [0.29, 0.717) is 30.8 Å². The number of nitrogens with one attached hydrogen (secondary N) is 1. The number of pyridine rings is 1. The normalized spacial score (nSPS) is 15.0. The third-order valence-corrected chi connectivity index (χ3v) is 4.56. The minimum absolute atomic E-state index is 0.00676. The summed E-state index contributed by atoms with van der Waals surface area (Å²) in [6.45, 7) is 2.54. The van der Waals surface area contributed by atoms with Crippen LogP contribution in [0, 0.1) is 0 Å². The molecule has 0 fully saturated rings. The van der Waals surface area contributed by atoms with Crippen molar-refractivity contribution < 1.29 is 32.6 Å². The molecule has 0 aromatic carbocycles. The second kappa shape index (κ2) is 7.63. The number of alkyl halides is 3. The highest BCUT2D eigenvalue weighted by atomic mass is 19.4. The smallest absolute Gasteiger partial charge is 0.433 e. The van der Waals surface area contributed by atoms with Crippen molar-refractivity contribution in [2.75, 3.05) is 6.61 Å². The third kappa shape index (κ3) is 3.86.